The Morgan fingerprint density at radius 3 is 2.75 bits per heavy atom. The summed E-state index contributed by atoms with van der Waals surface area (Å²) in [6.45, 7) is 2.55. The van der Waals surface area contributed by atoms with Gasteiger partial charge in [0, 0.05) is 19.1 Å². The predicted molar refractivity (Wildman–Crippen MR) is 57.8 cm³/mol. The minimum absolute atomic E-state index is 0.194. The van der Waals surface area contributed by atoms with Gasteiger partial charge in [0.2, 0.25) is 0 Å². The van der Waals surface area contributed by atoms with Gasteiger partial charge in [-0.1, -0.05) is 6.92 Å². The highest BCUT2D eigenvalue weighted by atomic mass is 32.2. The van der Waals surface area contributed by atoms with Gasteiger partial charge in [-0.3, -0.25) is 0 Å². The van der Waals surface area contributed by atoms with E-state index >= 15 is 0 Å². The molecule has 0 bridgehead atoms. The predicted octanol–water partition coefficient (Wildman–Crippen LogP) is -0.744. The van der Waals surface area contributed by atoms with Gasteiger partial charge in [0.15, 0.2) is 0 Å². The Hall–Kier alpha value is -0.860. The summed E-state index contributed by atoms with van der Waals surface area (Å²) in [5.74, 6) is 0.194. The maximum atomic E-state index is 11.8. The first kappa shape index (κ1) is 13.2. The molecule has 0 aromatic heterocycles. The molecule has 1 amide bonds. The van der Waals surface area contributed by atoms with Crippen LogP contribution in [0.4, 0.5) is 4.79 Å². The van der Waals surface area contributed by atoms with Crippen molar-refractivity contribution in [2.45, 2.75) is 19.4 Å². The van der Waals surface area contributed by atoms with Gasteiger partial charge in [0.05, 0.1) is 7.11 Å². The van der Waals surface area contributed by atoms with Crippen molar-refractivity contribution in [3.63, 3.8) is 0 Å². The van der Waals surface area contributed by atoms with Crippen molar-refractivity contribution in [1.29, 1.82) is 0 Å². The number of nitrogens with one attached hydrogen (secondary N) is 1. The van der Waals surface area contributed by atoms with Gasteiger partial charge >= 0.3 is 16.3 Å². The standard InChI is InChI=1S/C8H17N3O4S/c1-6-3-4-11(7(6)5-9)16(13,14)10-8(12)15-2/h6-7H,3-5,9H2,1-2H3,(H,10,12). The average molecular weight is 251 g/mol. The number of hydrogen-bond donors (Lipinski definition) is 2. The van der Waals surface area contributed by atoms with Crippen molar-refractivity contribution in [2.24, 2.45) is 11.7 Å². The lowest BCUT2D eigenvalue weighted by Gasteiger charge is -2.24. The molecule has 1 aliphatic heterocycles. The van der Waals surface area contributed by atoms with E-state index in [1.54, 1.807) is 0 Å². The highest BCUT2D eigenvalue weighted by molar-refractivity contribution is 7.87. The van der Waals surface area contributed by atoms with E-state index in [-0.39, 0.29) is 18.5 Å². The molecule has 1 heterocycles. The van der Waals surface area contributed by atoms with Crippen LogP contribution in [-0.4, -0.2) is 45.1 Å². The highest BCUT2D eigenvalue weighted by Gasteiger charge is 2.38. The van der Waals surface area contributed by atoms with Crippen LogP contribution in [0.1, 0.15) is 13.3 Å². The van der Waals surface area contributed by atoms with Crippen LogP contribution in [0.25, 0.3) is 0 Å². The number of nitrogens with zero attached hydrogens (tertiary/aromatic N) is 1. The van der Waals surface area contributed by atoms with E-state index in [9.17, 15) is 13.2 Å². The third-order valence-corrected chi connectivity index (χ3v) is 4.27. The monoisotopic (exact) mass is 251 g/mol. The summed E-state index contributed by atoms with van der Waals surface area (Å²) in [7, 11) is -2.73. The summed E-state index contributed by atoms with van der Waals surface area (Å²) in [6, 6.07) is -0.262. The zero-order valence-corrected chi connectivity index (χ0v) is 10.2. The molecule has 1 saturated heterocycles. The van der Waals surface area contributed by atoms with Gasteiger partial charge in [-0.15, -0.1) is 0 Å². The van der Waals surface area contributed by atoms with Gasteiger partial charge in [-0.25, -0.2) is 9.52 Å². The van der Waals surface area contributed by atoms with Crippen molar-refractivity contribution in [1.82, 2.24) is 9.03 Å². The molecule has 0 aromatic carbocycles. The molecule has 2 unspecified atom stereocenters. The van der Waals surface area contributed by atoms with E-state index in [0.29, 0.717) is 6.54 Å². The zero-order chi connectivity index (χ0) is 12.3. The van der Waals surface area contributed by atoms with E-state index in [1.165, 1.54) is 4.31 Å². The molecule has 2 atom stereocenters. The Morgan fingerprint density at radius 1 is 1.62 bits per heavy atom. The fourth-order valence-electron chi connectivity index (χ4n) is 1.83. The van der Waals surface area contributed by atoms with Gasteiger partial charge < -0.3 is 10.5 Å². The summed E-state index contributed by atoms with van der Waals surface area (Å²) < 4.78 is 30.8. The van der Waals surface area contributed by atoms with Gasteiger partial charge in [-0.2, -0.15) is 12.7 Å². The third-order valence-electron chi connectivity index (χ3n) is 2.78. The molecule has 1 aliphatic rings. The van der Waals surface area contributed by atoms with Crippen LogP contribution >= 0.6 is 0 Å². The van der Waals surface area contributed by atoms with Crippen LogP contribution in [0.3, 0.4) is 0 Å². The third kappa shape index (κ3) is 2.63. The number of hydrogen-bond acceptors (Lipinski definition) is 5. The summed E-state index contributed by atoms with van der Waals surface area (Å²) in [5, 5.41) is 0. The van der Waals surface area contributed by atoms with Crippen LogP contribution in [0.2, 0.25) is 0 Å². The molecule has 16 heavy (non-hydrogen) atoms. The van der Waals surface area contributed by atoms with Crippen LogP contribution in [0, 0.1) is 5.92 Å². The number of nitrogens with two attached hydrogens (primary N) is 1. The minimum atomic E-state index is -3.84. The van der Waals surface area contributed by atoms with E-state index in [2.05, 4.69) is 4.74 Å². The van der Waals surface area contributed by atoms with E-state index in [4.69, 9.17) is 5.73 Å². The first-order valence-electron chi connectivity index (χ1n) is 5.00. The molecule has 3 N–H and O–H groups in total. The molecule has 0 saturated carbocycles. The van der Waals surface area contributed by atoms with E-state index < -0.39 is 16.3 Å². The topological polar surface area (TPSA) is 102 Å². The molecule has 1 fully saturated rings. The maximum absolute atomic E-state index is 11.8. The number of ether oxygens (including phenoxy) is 1. The van der Waals surface area contributed by atoms with Gasteiger partial charge in [0.1, 0.15) is 0 Å². The number of carbonyl (C=O) groups is 1. The molecule has 8 heteroatoms. The van der Waals surface area contributed by atoms with Crippen LogP contribution in [0.5, 0.6) is 0 Å². The Balaban J connectivity index is 2.80. The molecular formula is C8H17N3O4S. The molecule has 94 valence electrons. The first-order chi connectivity index (χ1) is 7.42. The van der Waals surface area contributed by atoms with E-state index in [0.717, 1.165) is 13.5 Å². The maximum Gasteiger partial charge on any atom is 0.421 e. The van der Waals surface area contributed by atoms with Crippen molar-refractivity contribution >= 4 is 16.3 Å². The second-order valence-corrected chi connectivity index (χ2v) is 5.40. The van der Waals surface area contributed by atoms with E-state index in [1.807, 2.05) is 11.6 Å². The molecule has 0 aliphatic carbocycles. The molecular weight excluding hydrogens is 234 g/mol. The normalized spacial score (nSPS) is 26.7. The minimum Gasteiger partial charge on any atom is -0.452 e. The Bertz CT molecular complexity index is 356. The highest BCUT2D eigenvalue weighted by Crippen LogP contribution is 2.25. The number of methoxy groups -OCH3 is 1. The lowest BCUT2D eigenvalue weighted by molar-refractivity contribution is 0.176. The largest absolute Gasteiger partial charge is 0.452 e. The first-order valence-corrected chi connectivity index (χ1v) is 6.44. The Kier molecular flexibility index (Phi) is 4.11. The lowest BCUT2D eigenvalue weighted by Crippen LogP contribution is -2.49. The fourth-order valence-corrected chi connectivity index (χ4v) is 3.23. The van der Waals surface area contributed by atoms with Crippen molar-refractivity contribution in [3.8, 4) is 0 Å². The lowest BCUT2D eigenvalue weighted by atomic mass is 10.0. The Labute approximate surface area is 95.1 Å². The SMILES string of the molecule is COC(=O)NS(=O)(=O)N1CCC(C)C1CN. The summed E-state index contributed by atoms with van der Waals surface area (Å²) >= 11 is 0. The van der Waals surface area contributed by atoms with Gasteiger partial charge in [-0.05, 0) is 12.3 Å². The molecule has 0 radical (unpaired) electrons. The molecule has 1 rings (SSSR count). The average Bonchev–Trinajstić information content (AvgIpc) is 2.59. The second kappa shape index (κ2) is 4.98. The van der Waals surface area contributed by atoms with Crippen LogP contribution in [-0.2, 0) is 14.9 Å². The number of carbonyl (C=O) groups excluding carboxylic acids is 1. The van der Waals surface area contributed by atoms with Crippen LogP contribution < -0.4 is 10.5 Å². The van der Waals surface area contributed by atoms with Crippen molar-refractivity contribution in [2.75, 3.05) is 20.2 Å². The quantitative estimate of drug-likeness (QED) is 0.687. The number of rotatable bonds is 3. The summed E-state index contributed by atoms with van der Waals surface area (Å²) in [5.41, 5.74) is 5.52. The summed E-state index contributed by atoms with van der Waals surface area (Å²) in [6.07, 6.45) is -0.250. The summed E-state index contributed by atoms with van der Waals surface area (Å²) in [4.78, 5) is 10.9. The zero-order valence-electron chi connectivity index (χ0n) is 9.34. The van der Waals surface area contributed by atoms with Gasteiger partial charge in [0.25, 0.3) is 0 Å². The smallest absolute Gasteiger partial charge is 0.421 e. The second-order valence-electron chi connectivity index (χ2n) is 3.78. The fraction of sp³-hybridized carbons (Fsp3) is 0.875. The van der Waals surface area contributed by atoms with Crippen LogP contribution in [0.15, 0.2) is 0 Å². The Morgan fingerprint density at radius 2 is 2.25 bits per heavy atom. The van der Waals surface area contributed by atoms with Crippen molar-refractivity contribution in [3.05, 3.63) is 0 Å². The van der Waals surface area contributed by atoms with Crippen molar-refractivity contribution < 1.29 is 17.9 Å². The molecule has 0 aromatic rings. The molecule has 0 spiro atoms. The molecule has 7 nitrogen and oxygen atoms in total. The number of amides is 1.